The molecule has 0 saturated carbocycles. The molecule has 0 aliphatic rings. The van der Waals surface area contributed by atoms with Crippen LogP contribution in [0.5, 0.6) is 0 Å². The summed E-state index contributed by atoms with van der Waals surface area (Å²) in [5, 5.41) is 14.4. The third-order valence-corrected chi connectivity index (χ3v) is 5.90. The third-order valence-electron chi connectivity index (χ3n) is 5.90. The van der Waals surface area contributed by atoms with Gasteiger partial charge < -0.3 is 10.5 Å². The van der Waals surface area contributed by atoms with Crippen LogP contribution in [-0.2, 0) is 22.6 Å². The molecule has 168 valence electrons. The third kappa shape index (κ3) is 4.99. The number of rotatable bonds is 8. The number of aromatic amines is 1. The molecule has 7 nitrogen and oxygen atoms in total. The normalized spacial score (nSPS) is 13.0. The summed E-state index contributed by atoms with van der Waals surface area (Å²) in [6, 6.07) is 25.5. The van der Waals surface area contributed by atoms with Crippen molar-refractivity contribution in [2.45, 2.75) is 32.4 Å². The largest absolute Gasteiger partial charge is 0.459 e. The van der Waals surface area contributed by atoms with Gasteiger partial charge in [0.25, 0.3) is 0 Å². The van der Waals surface area contributed by atoms with E-state index >= 15 is 0 Å². The number of ether oxygens (including phenoxy) is 1. The van der Waals surface area contributed by atoms with Gasteiger partial charge in [0, 0.05) is 12.0 Å². The summed E-state index contributed by atoms with van der Waals surface area (Å²) in [6.45, 7) is 4.09. The zero-order chi connectivity index (χ0) is 23.3. The van der Waals surface area contributed by atoms with Crippen LogP contribution in [0.15, 0.2) is 78.9 Å². The molecule has 3 aromatic carbocycles. The first-order valence-electron chi connectivity index (χ1n) is 10.9. The summed E-state index contributed by atoms with van der Waals surface area (Å²) in [6.07, 6.45) is 0.380. The molecule has 0 amide bonds. The number of nitrogens with two attached hydrogens (primary N) is 1. The van der Waals surface area contributed by atoms with E-state index in [2.05, 4.69) is 20.6 Å². The van der Waals surface area contributed by atoms with Crippen molar-refractivity contribution in [1.82, 2.24) is 20.6 Å². The van der Waals surface area contributed by atoms with Crippen molar-refractivity contribution in [1.29, 1.82) is 0 Å². The van der Waals surface area contributed by atoms with Crippen LogP contribution in [0.4, 0.5) is 0 Å². The van der Waals surface area contributed by atoms with Crippen LogP contribution in [0.1, 0.15) is 25.0 Å². The minimum Gasteiger partial charge on any atom is -0.459 e. The van der Waals surface area contributed by atoms with E-state index in [-0.39, 0.29) is 12.5 Å². The standard InChI is InChI=1S/C26H27N5O2/c1-18(2)26(27,25(32)33-17-20-8-4-3-5-9-20)16-19-12-14-21(15-13-19)22-10-6-7-11-23(22)24-28-30-31-29-24/h3-15,18H,16-17,27H2,1-2H3,(H,28,29,30,31)/t26-/m0/s1. The number of hydrogen-bond donors (Lipinski definition) is 2. The summed E-state index contributed by atoms with van der Waals surface area (Å²) in [5.74, 6) is 0.0453. The smallest absolute Gasteiger partial charge is 0.327 e. The molecule has 1 atom stereocenters. The van der Waals surface area contributed by atoms with E-state index in [1.165, 1.54) is 0 Å². The van der Waals surface area contributed by atoms with Crippen LogP contribution in [0.2, 0.25) is 0 Å². The lowest BCUT2D eigenvalue weighted by atomic mass is 9.81. The van der Waals surface area contributed by atoms with Gasteiger partial charge in [-0.1, -0.05) is 92.7 Å². The highest BCUT2D eigenvalue weighted by Crippen LogP contribution is 2.30. The number of benzene rings is 3. The fourth-order valence-electron chi connectivity index (χ4n) is 3.72. The molecule has 0 unspecified atom stereocenters. The molecule has 0 bridgehead atoms. The van der Waals surface area contributed by atoms with Gasteiger partial charge in [-0.05, 0) is 33.4 Å². The van der Waals surface area contributed by atoms with Gasteiger partial charge in [-0.3, -0.25) is 4.79 Å². The van der Waals surface area contributed by atoms with Crippen molar-refractivity contribution < 1.29 is 9.53 Å². The molecule has 0 aliphatic carbocycles. The fraction of sp³-hybridized carbons (Fsp3) is 0.231. The highest BCUT2D eigenvalue weighted by atomic mass is 16.5. The van der Waals surface area contributed by atoms with Gasteiger partial charge in [0.15, 0.2) is 0 Å². The van der Waals surface area contributed by atoms with Crippen LogP contribution in [0.25, 0.3) is 22.5 Å². The number of hydrogen-bond acceptors (Lipinski definition) is 6. The quantitative estimate of drug-likeness (QED) is 0.397. The summed E-state index contributed by atoms with van der Waals surface area (Å²) in [5.41, 5.74) is 10.3. The van der Waals surface area contributed by atoms with E-state index in [0.29, 0.717) is 12.2 Å². The Morgan fingerprint density at radius 1 is 0.939 bits per heavy atom. The number of H-pyrrole nitrogens is 1. The molecule has 4 aromatic rings. The van der Waals surface area contributed by atoms with Gasteiger partial charge in [0.2, 0.25) is 5.82 Å². The van der Waals surface area contributed by atoms with Crippen molar-refractivity contribution in [3.8, 4) is 22.5 Å². The predicted molar refractivity (Wildman–Crippen MR) is 127 cm³/mol. The molecule has 7 heteroatoms. The Balaban J connectivity index is 1.52. The Labute approximate surface area is 193 Å². The number of tetrazole rings is 1. The maximum atomic E-state index is 13.0. The maximum absolute atomic E-state index is 13.0. The molecule has 0 spiro atoms. The zero-order valence-corrected chi connectivity index (χ0v) is 18.7. The van der Waals surface area contributed by atoms with Crippen molar-refractivity contribution >= 4 is 5.97 Å². The predicted octanol–water partition coefficient (Wildman–Crippen LogP) is 4.17. The first-order valence-corrected chi connectivity index (χ1v) is 10.9. The second-order valence-corrected chi connectivity index (χ2v) is 8.41. The van der Waals surface area contributed by atoms with E-state index in [4.69, 9.17) is 10.5 Å². The lowest BCUT2D eigenvalue weighted by molar-refractivity contribution is -0.153. The molecule has 3 N–H and O–H groups in total. The SMILES string of the molecule is CC(C)[C@@](N)(Cc1ccc(-c2ccccc2-c2nn[nH]n2)cc1)C(=O)OCc1ccccc1. The number of carbonyl (C=O) groups excluding carboxylic acids is 1. The summed E-state index contributed by atoms with van der Waals surface area (Å²) >= 11 is 0. The van der Waals surface area contributed by atoms with Crippen LogP contribution < -0.4 is 5.73 Å². The molecule has 0 saturated heterocycles. The number of nitrogens with zero attached hydrogens (tertiary/aromatic N) is 3. The molecular weight excluding hydrogens is 414 g/mol. The second kappa shape index (κ2) is 9.75. The molecule has 0 fully saturated rings. The molecule has 1 aromatic heterocycles. The van der Waals surface area contributed by atoms with Crippen LogP contribution >= 0.6 is 0 Å². The molecule has 1 heterocycles. The van der Waals surface area contributed by atoms with E-state index in [0.717, 1.165) is 27.8 Å². The van der Waals surface area contributed by atoms with E-state index in [1.54, 1.807) is 0 Å². The Morgan fingerprint density at radius 2 is 1.61 bits per heavy atom. The highest BCUT2D eigenvalue weighted by molar-refractivity contribution is 5.82. The van der Waals surface area contributed by atoms with Crippen molar-refractivity contribution in [2.75, 3.05) is 0 Å². The molecule has 0 aliphatic heterocycles. The Morgan fingerprint density at radius 3 is 2.24 bits per heavy atom. The van der Waals surface area contributed by atoms with Gasteiger partial charge >= 0.3 is 5.97 Å². The Kier molecular flexibility index (Phi) is 6.60. The second-order valence-electron chi connectivity index (χ2n) is 8.41. The van der Waals surface area contributed by atoms with Crippen LogP contribution in [0, 0.1) is 5.92 Å². The lowest BCUT2D eigenvalue weighted by Crippen LogP contribution is -2.55. The first-order chi connectivity index (χ1) is 16.0. The van der Waals surface area contributed by atoms with E-state index in [9.17, 15) is 4.79 Å². The molecular formula is C26H27N5O2. The van der Waals surface area contributed by atoms with Gasteiger partial charge in [-0.25, -0.2) is 0 Å². The zero-order valence-electron chi connectivity index (χ0n) is 18.7. The number of nitrogens with one attached hydrogen (secondary N) is 1. The topological polar surface area (TPSA) is 107 Å². The summed E-state index contributed by atoms with van der Waals surface area (Å²) in [7, 11) is 0. The van der Waals surface area contributed by atoms with Gasteiger partial charge in [0.05, 0.1) is 0 Å². The van der Waals surface area contributed by atoms with E-state index in [1.807, 2.05) is 92.7 Å². The Bertz CT molecular complexity index is 1190. The Hall–Kier alpha value is -3.84. The molecule has 0 radical (unpaired) electrons. The van der Waals surface area contributed by atoms with Crippen molar-refractivity contribution in [3.05, 3.63) is 90.0 Å². The monoisotopic (exact) mass is 441 g/mol. The summed E-state index contributed by atoms with van der Waals surface area (Å²) < 4.78 is 5.59. The average molecular weight is 442 g/mol. The van der Waals surface area contributed by atoms with Gasteiger partial charge in [-0.2, -0.15) is 5.21 Å². The van der Waals surface area contributed by atoms with Crippen molar-refractivity contribution in [2.24, 2.45) is 11.7 Å². The number of esters is 1. The molecule has 4 rings (SSSR count). The lowest BCUT2D eigenvalue weighted by Gasteiger charge is -2.31. The van der Waals surface area contributed by atoms with E-state index < -0.39 is 11.5 Å². The van der Waals surface area contributed by atoms with Crippen molar-refractivity contribution in [3.63, 3.8) is 0 Å². The number of aromatic nitrogens is 4. The first kappa shape index (κ1) is 22.4. The average Bonchev–Trinajstić information content (AvgIpc) is 3.38. The maximum Gasteiger partial charge on any atom is 0.327 e. The fourth-order valence-corrected chi connectivity index (χ4v) is 3.72. The minimum atomic E-state index is -1.13. The van der Waals surface area contributed by atoms with Crippen LogP contribution in [0.3, 0.4) is 0 Å². The van der Waals surface area contributed by atoms with Crippen LogP contribution in [-0.4, -0.2) is 32.1 Å². The molecule has 33 heavy (non-hydrogen) atoms. The van der Waals surface area contributed by atoms with Gasteiger partial charge in [0.1, 0.15) is 12.1 Å². The number of carbonyl (C=O) groups is 1. The van der Waals surface area contributed by atoms with Gasteiger partial charge in [-0.15, -0.1) is 10.2 Å². The summed E-state index contributed by atoms with van der Waals surface area (Å²) in [4.78, 5) is 13.0. The minimum absolute atomic E-state index is 0.0978. The highest BCUT2D eigenvalue weighted by Gasteiger charge is 2.39.